The molecule has 1 amide bonds. The monoisotopic (exact) mass is 263 g/mol. The number of halogens is 1. The number of anilines is 1. The van der Waals surface area contributed by atoms with Crippen LogP contribution in [0.3, 0.4) is 0 Å². The molecule has 102 valence electrons. The van der Waals surface area contributed by atoms with Crippen LogP contribution in [-0.2, 0) is 4.79 Å². The van der Waals surface area contributed by atoms with Crippen molar-refractivity contribution in [2.75, 3.05) is 11.9 Å². The molecule has 0 aliphatic heterocycles. The number of carbonyl (C=O) groups is 1. The Bertz CT molecular complexity index is 527. The van der Waals surface area contributed by atoms with Crippen LogP contribution in [0, 0.1) is 23.1 Å². The fourth-order valence-corrected chi connectivity index (χ4v) is 1.29. The summed E-state index contributed by atoms with van der Waals surface area (Å²) >= 11 is 0. The van der Waals surface area contributed by atoms with Gasteiger partial charge >= 0.3 is 0 Å². The minimum Gasteiger partial charge on any atom is -0.384 e. The van der Waals surface area contributed by atoms with Crippen molar-refractivity contribution >= 4 is 11.6 Å². The number of aliphatic hydroxyl groups is 1. The lowest BCUT2D eigenvalue weighted by atomic mass is 9.89. The summed E-state index contributed by atoms with van der Waals surface area (Å²) in [5.41, 5.74) is 0.169. The summed E-state index contributed by atoms with van der Waals surface area (Å²) in [7, 11) is 0. The molecule has 19 heavy (non-hydrogen) atoms. The van der Waals surface area contributed by atoms with E-state index in [1.54, 1.807) is 0 Å². The summed E-state index contributed by atoms with van der Waals surface area (Å²) in [6.45, 7) is 5.29. The molecule has 0 radical (unpaired) electrons. The number of hydrogen-bond acceptors (Lipinski definition) is 2. The fraction of sp³-hybridized carbons (Fsp3) is 0.400. The summed E-state index contributed by atoms with van der Waals surface area (Å²) in [6.07, 6.45) is 0.706. The van der Waals surface area contributed by atoms with E-state index in [2.05, 4.69) is 17.2 Å². The summed E-state index contributed by atoms with van der Waals surface area (Å²) in [4.78, 5) is 12.0. The average Bonchev–Trinajstić information content (AvgIpc) is 2.39. The topological polar surface area (TPSA) is 49.3 Å². The summed E-state index contributed by atoms with van der Waals surface area (Å²) in [5.74, 6) is 4.28. The summed E-state index contributed by atoms with van der Waals surface area (Å²) < 4.78 is 13.4. The van der Waals surface area contributed by atoms with Gasteiger partial charge in [0, 0.05) is 11.1 Å². The molecule has 0 heterocycles. The molecule has 0 saturated carbocycles. The maximum atomic E-state index is 13.4. The number of hydrogen-bond donors (Lipinski definition) is 2. The molecular formula is C15H18FNO2. The van der Waals surface area contributed by atoms with Gasteiger partial charge in [-0.05, 0) is 24.6 Å². The average molecular weight is 263 g/mol. The van der Waals surface area contributed by atoms with Crippen molar-refractivity contribution in [1.29, 1.82) is 0 Å². The number of aliphatic hydroxyl groups excluding tert-OH is 1. The van der Waals surface area contributed by atoms with Crippen LogP contribution in [-0.4, -0.2) is 17.6 Å². The molecule has 4 heteroatoms. The first kappa shape index (κ1) is 15.2. The Labute approximate surface area is 112 Å². The standard InChI is InChI=1S/C15H18FNO2/c1-4-15(2,3)14(19)17-12-7-8-13(16)11(10-12)6-5-9-18/h7-8,10,18H,4,9H2,1-3H3,(H,17,19). The highest BCUT2D eigenvalue weighted by Crippen LogP contribution is 2.23. The van der Waals surface area contributed by atoms with Gasteiger partial charge in [-0.25, -0.2) is 4.39 Å². The molecule has 3 nitrogen and oxygen atoms in total. The van der Waals surface area contributed by atoms with Gasteiger partial charge in [0.2, 0.25) is 5.91 Å². The quantitative estimate of drug-likeness (QED) is 0.823. The van der Waals surface area contributed by atoms with Crippen molar-refractivity contribution in [3.63, 3.8) is 0 Å². The highest BCUT2D eigenvalue weighted by molar-refractivity contribution is 5.94. The molecule has 1 aromatic rings. The molecule has 1 aromatic carbocycles. The third-order valence-corrected chi connectivity index (χ3v) is 3.02. The van der Waals surface area contributed by atoms with Crippen LogP contribution in [0.25, 0.3) is 0 Å². The molecule has 0 bridgehead atoms. The van der Waals surface area contributed by atoms with Crippen LogP contribution in [0.1, 0.15) is 32.8 Å². The van der Waals surface area contributed by atoms with Gasteiger partial charge in [0.15, 0.2) is 0 Å². The van der Waals surface area contributed by atoms with Gasteiger partial charge in [-0.15, -0.1) is 0 Å². The lowest BCUT2D eigenvalue weighted by molar-refractivity contribution is -0.124. The molecule has 0 aromatic heterocycles. The molecule has 2 N–H and O–H groups in total. The van der Waals surface area contributed by atoms with E-state index in [1.807, 2.05) is 20.8 Å². The third kappa shape index (κ3) is 4.08. The van der Waals surface area contributed by atoms with Crippen LogP contribution in [0.4, 0.5) is 10.1 Å². The SMILES string of the molecule is CCC(C)(C)C(=O)Nc1ccc(F)c(C#CCO)c1. The number of carbonyl (C=O) groups excluding carboxylic acids is 1. The maximum absolute atomic E-state index is 13.4. The zero-order valence-electron chi connectivity index (χ0n) is 11.4. The molecule has 0 atom stereocenters. The van der Waals surface area contributed by atoms with Gasteiger partial charge in [-0.3, -0.25) is 4.79 Å². The maximum Gasteiger partial charge on any atom is 0.230 e. The highest BCUT2D eigenvalue weighted by Gasteiger charge is 2.25. The van der Waals surface area contributed by atoms with Crippen molar-refractivity contribution in [2.45, 2.75) is 27.2 Å². The minimum atomic E-state index is -0.481. The third-order valence-electron chi connectivity index (χ3n) is 3.02. The molecule has 0 spiro atoms. The number of nitrogens with one attached hydrogen (secondary N) is 1. The lowest BCUT2D eigenvalue weighted by Crippen LogP contribution is -2.30. The summed E-state index contributed by atoms with van der Waals surface area (Å²) in [5, 5.41) is 11.3. The first-order chi connectivity index (χ1) is 8.90. The van der Waals surface area contributed by atoms with E-state index < -0.39 is 11.2 Å². The van der Waals surface area contributed by atoms with E-state index in [4.69, 9.17) is 5.11 Å². The first-order valence-corrected chi connectivity index (χ1v) is 6.11. The van der Waals surface area contributed by atoms with Crippen molar-refractivity contribution in [3.05, 3.63) is 29.6 Å². The molecule has 0 unspecified atom stereocenters. The van der Waals surface area contributed by atoms with Crippen LogP contribution in [0.15, 0.2) is 18.2 Å². The zero-order chi connectivity index (χ0) is 14.5. The van der Waals surface area contributed by atoms with E-state index in [0.717, 1.165) is 0 Å². The normalized spacial score (nSPS) is 10.6. The number of amides is 1. The Hall–Kier alpha value is -1.86. The Kier molecular flexibility index (Phi) is 5.08. The van der Waals surface area contributed by atoms with Crippen LogP contribution in [0.5, 0.6) is 0 Å². The van der Waals surface area contributed by atoms with Gasteiger partial charge in [0.05, 0.1) is 5.56 Å². The molecular weight excluding hydrogens is 245 g/mol. The van der Waals surface area contributed by atoms with Crippen molar-refractivity contribution in [2.24, 2.45) is 5.41 Å². The van der Waals surface area contributed by atoms with Crippen LogP contribution >= 0.6 is 0 Å². The van der Waals surface area contributed by atoms with Crippen molar-refractivity contribution in [3.8, 4) is 11.8 Å². The Balaban J connectivity index is 2.95. The summed E-state index contributed by atoms with van der Waals surface area (Å²) in [6, 6.07) is 4.20. The van der Waals surface area contributed by atoms with E-state index in [0.29, 0.717) is 12.1 Å². The largest absolute Gasteiger partial charge is 0.384 e. The second-order valence-electron chi connectivity index (χ2n) is 4.85. The second-order valence-corrected chi connectivity index (χ2v) is 4.85. The van der Waals surface area contributed by atoms with E-state index in [9.17, 15) is 9.18 Å². The van der Waals surface area contributed by atoms with Gasteiger partial charge in [-0.1, -0.05) is 32.6 Å². The molecule has 0 saturated heterocycles. The van der Waals surface area contributed by atoms with Crippen molar-refractivity contribution in [1.82, 2.24) is 0 Å². The fourth-order valence-electron chi connectivity index (χ4n) is 1.29. The van der Waals surface area contributed by atoms with Gasteiger partial charge in [0.1, 0.15) is 12.4 Å². The number of benzene rings is 1. The Morgan fingerprint density at radius 2 is 2.16 bits per heavy atom. The van der Waals surface area contributed by atoms with Crippen LogP contribution < -0.4 is 5.32 Å². The van der Waals surface area contributed by atoms with Gasteiger partial charge in [0.25, 0.3) is 0 Å². The van der Waals surface area contributed by atoms with Crippen molar-refractivity contribution < 1.29 is 14.3 Å². The smallest absolute Gasteiger partial charge is 0.230 e. The van der Waals surface area contributed by atoms with Gasteiger partial charge < -0.3 is 10.4 Å². The Morgan fingerprint density at radius 1 is 1.47 bits per heavy atom. The van der Waals surface area contributed by atoms with E-state index >= 15 is 0 Å². The van der Waals surface area contributed by atoms with E-state index in [-0.39, 0.29) is 18.1 Å². The number of rotatable bonds is 3. The predicted octanol–water partition coefficient (Wildman–Crippen LogP) is 2.54. The molecule has 0 fully saturated rings. The minimum absolute atomic E-state index is 0.123. The first-order valence-electron chi connectivity index (χ1n) is 6.11. The van der Waals surface area contributed by atoms with Gasteiger partial charge in [-0.2, -0.15) is 0 Å². The lowest BCUT2D eigenvalue weighted by Gasteiger charge is -2.21. The van der Waals surface area contributed by atoms with Crippen LogP contribution in [0.2, 0.25) is 0 Å². The van der Waals surface area contributed by atoms with E-state index in [1.165, 1.54) is 18.2 Å². The Morgan fingerprint density at radius 3 is 2.74 bits per heavy atom. The predicted molar refractivity (Wildman–Crippen MR) is 73.1 cm³/mol. The zero-order valence-corrected chi connectivity index (χ0v) is 11.4. The molecule has 0 aliphatic rings. The highest BCUT2D eigenvalue weighted by atomic mass is 19.1. The molecule has 1 rings (SSSR count). The molecule has 0 aliphatic carbocycles. The second kappa shape index (κ2) is 6.35.